The molecule has 1 aromatic carbocycles. The number of ether oxygens (including phenoxy) is 1. The minimum atomic E-state index is -3.90. The van der Waals surface area contributed by atoms with E-state index in [4.69, 9.17) is 15.4 Å². The summed E-state index contributed by atoms with van der Waals surface area (Å²) in [6.45, 7) is 2.22. The molecule has 20 heavy (non-hydrogen) atoms. The standard InChI is InChI=1S/C12H14ClN3O3S/c1-3-16-11(14-15-12(16)20(13,17)18)8-9-6-4-5-7-10(9)19-2/h4-7H,3,8H2,1-2H3. The number of aromatic nitrogens is 3. The highest BCUT2D eigenvalue weighted by Gasteiger charge is 2.22. The summed E-state index contributed by atoms with van der Waals surface area (Å²) in [6, 6.07) is 7.47. The minimum absolute atomic E-state index is 0.230. The minimum Gasteiger partial charge on any atom is -0.496 e. The Bertz CT molecular complexity index is 712. The molecule has 0 N–H and O–H groups in total. The van der Waals surface area contributed by atoms with Gasteiger partial charge in [-0.25, -0.2) is 8.42 Å². The smallest absolute Gasteiger partial charge is 0.296 e. The van der Waals surface area contributed by atoms with Crippen LogP contribution in [-0.2, 0) is 22.0 Å². The van der Waals surface area contributed by atoms with E-state index < -0.39 is 9.05 Å². The summed E-state index contributed by atoms with van der Waals surface area (Å²) < 4.78 is 29.6. The van der Waals surface area contributed by atoms with E-state index in [0.29, 0.717) is 24.5 Å². The molecule has 1 heterocycles. The van der Waals surface area contributed by atoms with Crippen LogP contribution in [0.3, 0.4) is 0 Å². The van der Waals surface area contributed by atoms with E-state index in [9.17, 15) is 8.42 Å². The van der Waals surface area contributed by atoms with Gasteiger partial charge in [-0.2, -0.15) is 0 Å². The Morgan fingerprint density at radius 2 is 2.00 bits per heavy atom. The quantitative estimate of drug-likeness (QED) is 0.787. The summed E-state index contributed by atoms with van der Waals surface area (Å²) in [6.07, 6.45) is 0.414. The molecule has 8 heteroatoms. The van der Waals surface area contributed by atoms with Gasteiger partial charge >= 0.3 is 0 Å². The van der Waals surface area contributed by atoms with Gasteiger partial charge in [0.25, 0.3) is 14.2 Å². The lowest BCUT2D eigenvalue weighted by Gasteiger charge is -2.09. The zero-order valence-electron chi connectivity index (χ0n) is 11.1. The molecule has 2 aromatic rings. The molecule has 2 rings (SSSR count). The molecule has 1 aromatic heterocycles. The molecule has 0 bridgehead atoms. The van der Waals surface area contributed by atoms with Crippen LogP contribution in [0, 0.1) is 0 Å². The van der Waals surface area contributed by atoms with Crippen molar-refractivity contribution in [2.24, 2.45) is 0 Å². The molecule has 0 spiro atoms. The average Bonchev–Trinajstić information content (AvgIpc) is 2.82. The molecule has 0 aliphatic carbocycles. The first-order valence-electron chi connectivity index (χ1n) is 5.96. The predicted octanol–water partition coefficient (Wildman–Crippen LogP) is 1.82. The van der Waals surface area contributed by atoms with Crippen molar-refractivity contribution in [1.29, 1.82) is 0 Å². The van der Waals surface area contributed by atoms with Gasteiger partial charge in [0, 0.05) is 29.2 Å². The van der Waals surface area contributed by atoms with Crippen molar-refractivity contribution in [2.45, 2.75) is 25.0 Å². The number of methoxy groups -OCH3 is 1. The Labute approximate surface area is 121 Å². The molecule has 0 unspecified atom stereocenters. The molecule has 0 atom stereocenters. The van der Waals surface area contributed by atoms with E-state index >= 15 is 0 Å². The van der Waals surface area contributed by atoms with Crippen LogP contribution >= 0.6 is 10.7 Å². The summed E-state index contributed by atoms with van der Waals surface area (Å²) >= 11 is 0. The SMILES string of the molecule is CCn1c(Cc2ccccc2OC)nnc1S(=O)(=O)Cl. The molecule has 0 saturated heterocycles. The second-order valence-electron chi connectivity index (χ2n) is 4.07. The summed E-state index contributed by atoms with van der Waals surface area (Å²) in [4.78, 5) is 0. The molecular weight excluding hydrogens is 302 g/mol. The second kappa shape index (κ2) is 5.80. The molecule has 0 fully saturated rings. The van der Waals surface area contributed by atoms with Gasteiger partial charge in [-0.15, -0.1) is 10.2 Å². The number of benzene rings is 1. The Kier molecular flexibility index (Phi) is 4.29. The Balaban J connectivity index is 2.42. The lowest BCUT2D eigenvalue weighted by molar-refractivity contribution is 0.410. The van der Waals surface area contributed by atoms with Crippen LogP contribution in [0.25, 0.3) is 0 Å². The number of rotatable bonds is 5. The third-order valence-corrected chi connectivity index (χ3v) is 4.02. The highest BCUT2D eigenvalue weighted by atomic mass is 35.7. The summed E-state index contributed by atoms with van der Waals surface area (Å²) in [5, 5.41) is 7.35. The predicted molar refractivity (Wildman–Crippen MR) is 74.5 cm³/mol. The van der Waals surface area contributed by atoms with Crippen LogP contribution in [0.1, 0.15) is 18.3 Å². The fraction of sp³-hybridized carbons (Fsp3) is 0.333. The topological polar surface area (TPSA) is 74.1 Å². The van der Waals surface area contributed by atoms with E-state index in [2.05, 4.69) is 10.2 Å². The summed E-state index contributed by atoms with van der Waals surface area (Å²) in [5.74, 6) is 1.24. The van der Waals surface area contributed by atoms with Gasteiger partial charge in [-0.05, 0) is 13.0 Å². The first-order chi connectivity index (χ1) is 9.47. The second-order valence-corrected chi connectivity index (χ2v) is 6.53. The maximum absolute atomic E-state index is 11.4. The number of hydrogen-bond acceptors (Lipinski definition) is 5. The van der Waals surface area contributed by atoms with Crippen LogP contribution in [0.15, 0.2) is 29.4 Å². The van der Waals surface area contributed by atoms with Crippen LogP contribution < -0.4 is 4.74 Å². The highest BCUT2D eigenvalue weighted by Crippen LogP contribution is 2.22. The van der Waals surface area contributed by atoms with Crippen molar-refractivity contribution in [3.63, 3.8) is 0 Å². The van der Waals surface area contributed by atoms with Gasteiger partial charge in [0.2, 0.25) is 0 Å². The van der Waals surface area contributed by atoms with Crippen molar-refractivity contribution in [2.75, 3.05) is 7.11 Å². The third-order valence-electron chi connectivity index (χ3n) is 2.87. The molecular formula is C12H14ClN3O3S. The normalized spacial score (nSPS) is 11.6. The van der Waals surface area contributed by atoms with Crippen LogP contribution in [0.2, 0.25) is 0 Å². The fourth-order valence-corrected chi connectivity index (χ4v) is 2.95. The Morgan fingerprint density at radius 3 is 2.60 bits per heavy atom. The molecule has 0 radical (unpaired) electrons. The molecule has 0 aliphatic rings. The molecule has 0 amide bonds. The monoisotopic (exact) mass is 315 g/mol. The van der Waals surface area contributed by atoms with Gasteiger partial charge in [-0.1, -0.05) is 18.2 Å². The van der Waals surface area contributed by atoms with E-state index in [-0.39, 0.29) is 5.16 Å². The van der Waals surface area contributed by atoms with Crippen molar-refractivity contribution >= 4 is 19.7 Å². The van der Waals surface area contributed by atoms with Crippen molar-refractivity contribution in [3.05, 3.63) is 35.7 Å². The number of nitrogens with zero attached hydrogens (tertiary/aromatic N) is 3. The largest absolute Gasteiger partial charge is 0.496 e. The molecule has 108 valence electrons. The van der Waals surface area contributed by atoms with E-state index in [1.54, 1.807) is 14.0 Å². The van der Waals surface area contributed by atoms with Crippen LogP contribution in [0.5, 0.6) is 5.75 Å². The van der Waals surface area contributed by atoms with Gasteiger partial charge in [-0.3, -0.25) is 0 Å². The lowest BCUT2D eigenvalue weighted by Crippen LogP contribution is -2.09. The third kappa shape index (κ3) is 2.94. The summed E-state index contributed by atoms with van der Waals surface area (Å²) in [5.41, 5.74) is 0.899. The highest BCUT2D eigenvalue weighted by molar-refractivity contribution is 8.13. The van der Waals surface area contributed by atoms with Crippen molar-refractivity contribution in [3.8, 4) is 5.75 Å². The molecule has 0 saturated carbocycles. The zero-order chi connectivity index (χ0) is 14.8. The van der Waals surface area contributed by atoms with Gasteiger partial charge in [0.05, 0.1) is 7.11 Å². The van der Waals surface area contributed by atoms with E-state index in [1.807, 2.05) is 24.3 Å². The first kappa shape index (κ1) is 14.8. The first-order valence-corrected chi connectivity index (χ1v) is 8.27. The van der Waals surface area contributed by atoms with Crippen molar-refractivity contribution < 1.29 is 13.2 Å². The Hall–Kier alpha value is -1.60. The number of para-hydroxylation sites is 1. The van der Waals surface area contributed by atoms with Crippen LogP contribution in [-0.4, -0.2) is 30.3 Å². The molecule has 0 aliphatic heterocycles. The summed E-state index contributed by atoms with van der Waals surface area (Å²) in [7, 11) is 3.02. The maximum atomic E-state index is 11.4. The lowest BCUT2D eigenvalue weighted by atomic mass is 10.1. The number of halogens is 1. The van der Waals surface area contributed by atoms with Crippen LogP contribution in [0.4, 0.5) is 0 Å². The number of hydrogen-bond donors (Lipinski definition) is 0. The van der Waals surface area contributed by atoms with E-state index in [0.717, 1.165) is 5.56 Å². The average molecular weight is 316 g/mol. The maximum Gasteiger partial charge on any atom is 0.296 e. The van der Waals surface area contributed by atoms with Crippen molar-refractivity contribution in [1.82, 2.24) is 14.8 Å². The fourth-order valence-electron chi connectivity index (χ4n) is 1.97. The molecule has 6 nitrogen and oxygen atoms in total. The van der Waals surface area contributed by atoms with Gasteiger partial charge in [0.15, 0.2) is 0 Å². The van der Waals surface area contributed by atoms with E-state index in [1.165, 1.54) is 4.57 Å². The Morgan fingerprint density at radius 1 is 1.30 bits per heavy atom. The zero-order valence-corrected chi connectivity index (χ0v) is 12.6. The van der Waals surface area contributed by atoms with Gasteiger partial charge in [0.1, 0.15) is 11.6 Å². The van der Waals surface area contributed by atoms with Gasteiger partial charge < -0.3 is 9.30 Å².